The van der Waals surface area contributed by atoms with Gasteiger partial charge in [0.25, 0.3) is 0 Å². The second-order valence-electron chi connectivity index (χ2n) is 7.68. The highest BCUT2D eigenvalue weighted by molar-refractivity contribution is 7.15. The third kappa shape index (κ3) is 5.27. The van der Waals surface area contributed by atoms with Crippen molar-refractivity contribution in [2.75, 3.05) is 18.5 Å². The molecule has 0 bridgehead atoms. The van der Waals surface area contributed by atoms with Crippen molar-refractivity contribution in [3.8, 4) is 22.1 Å². The molecular formula is C22H23N5O4S. The lowest BCUT2D eigenvalue weighted by Crippen LogP contribution is -2.46. The molecule has 0 radical (unpaired) electrons. The third-order valence-corrected chi connectivity index (χ3v) is 6.13. The van der Waals surface area contributed by atoms with E-state index in [0.29, 0.717) is 43.4 Å². The molecule has 1 saturated heterocycles. The van der Waals surface area contributed by atoms with Crippen molar-refractivity contribution in [3.05, 3.63) is 47.9 Å². The van der Waals surface area contributed by atoms with Gasteiger partial charge in [0.05, 0.1) is 27.2 Å². The summed E-state index contributed by atoms with van der Waals surface area (Å²) in [4.78, 5) is 38.4. The highest BCUT2D eigenvalue weighted by Gasteiger charge is 2.36. The molecule has 3 aromatic heterocycles. The number of pyridine rings is 2. The van der Waals surface area contributed by atoms with Crippen LogP contribution >= 0.6 is 11.3 Å². The van der Waals surface area contributed by atoms with Crippen LogP contribution in [0, 0.1) is 12.3 Å². The van der Waals surface area contributed by atoms with Crippen molar-refractivity contribution < 1.29 is 19.1 Å². The highest BCUT2D eigenvalue weighted by atomic mass is 32.1. The molecule has 4 rings (SSSR count). The van der Waals surface area contributed by atoms with Gasteiger partial charge in [0.15, 0.2) is 0 Å². The Morgan fingerprint density at radius 3 is 2.59 bits per heavy atom. The number of hydrogen-bond donors (Lipinski definition) is 2. The van der Waals surface area contributed by atoms with E-state index >= 15 is 0 Å². The predicted octanol–water partition coefficient (Wildman–Crippen LogP) is 4.17. The minimum absolute atomic E-state index is 0.301. The summed E-state index contributed by atoms with van der Waals surface area (Å²) >= 11 is 1.56. The average molecular weight is 454 g/mol. The van der Waals surface area contributed by atoms with E-state index in [4.69, 9.17) is 9.47 Å². The monoisotopic (exact) mass is 453 g/mol. The van der Waals surface area contributed by atoms with Crippen LogP contribution in [0.2, 0.25) is 0 Å². The molecule has 1 fully saturated rings. The number of nitrogens with one attached hydrogen (secondary N) is 2. The van der Waals surface area contributed by atoms with Crippen LogP contribution in [0.15, 0.2) is 42.9 Å². The van der Waals surface area contributed by atoms with Gasteiger partial charge in [-0.25, -0.2) is 14.8 Å². The number of imide groups is 1. The molecule has 1 aliphatic rings. The SMILES string of the molecule is Cc1ncc(-c2cc(Oc3ccc(NC(=O)NC(=O)C4(C)CCOCC4)nc3)ccn2)s1. The minimum Gasteiger partial charge on any atom is -0.456 e. The van der Waals surface area contributed by atoms with Crippen molar-refractivity contribution in [1.82, 2.24) is 20.3 Å². The van der Waals surface area contributed by atoms with E-state index in [9.17, 15) is 9.59 Å². The van der Waals surface area contributed by atoms with E-state index in [1.165, 1.54) is 6.20 Å². The Morgan fingerprint density at radius 1 is 1.09 bits per heavy atom. The van der Waals surface area contributed by atoms with Crippen LogP contribution in [0.1, 0.15) is 24.8 Å². The van der Waals surface area contributed by atoms with E-state index in [-0.39, 0.29) is 5.91 Å². The maximum atomic E-state index is 12.4. The van der Waals surface area contributed by atoms with Crippen LogP contribution in [-0.4, -0.2) is 40.1 Å². The molecule has 2 N–H and O–H groups in total. The summed E-state index contributed by atoms with van der Waals surface area (Å²) in [7, 11) is 0. The van der Waals surface area contributed by atoms with Crippen molar-refractivity contribution in [2.24, 2.45) is 5.41 Å². The lowest BCUT2D eigenvalue weighted by molar-refractivity contribution is -0.133. The number of aromatic nitrogens is 3. The Hall–Kier alpha value is -3.37. The van der Waals surface area contributed by atoms with E-state index in [1.807, 2.05) is 19.9 Å². The summed E-state index contributed by atoms with van der Waals surface area (Å²) in [6.45, 7) is 4.80. The Balaban J connectivity index is 1.34. The van der Waals surface area contributed by atoms with Crippen LogP contribution in [0.5, 0.6) is 11.5 Å². The molecule has 0 atom stereocenters. The molecule has 0 aromatic carbocycles. The van der Waals surface area contributed by atoms with Gasteiger partial charge < -0.3 is 9.47 Å². The van der Waals surface area contributed by atoms with Crippen LogP contribution in [0.4, 0.5) is 10.6 Å². The molecule has 166 valence electrons. The van der Waals surface area contributed by atoms with Crippen LogP contribution in [-0.2, 0) is 9.53 Å². The molecule has 0 unspecified atom stereocenters. The Bertz CT molecular complexity index is 1110. The van der Waals surface area contributed by atoms with Gasteiger partial charge in [-0.1, -0.05) is 6.92 Å². The fourth-order valence-corrected chi connectivity index (χ4v) is 3.94. The summed E-state index contributed by atoms with van der Waals surface area (Å²) in [6.07, 6.45) is 6.11. The highest BCUT2D eigenvalue weighted by Crippen LogP contribution is 2.30. The number of carbonyl (C=O) groups excluding carboxylic acids is 2. The van der Waals surface area contributed by atoms with Crippen molar-refractivity contribution >= 4 is 29.1 Å². The first-order valence-electron chi connectivity index (χ1n) is 10.1. The van der Waals surface area contributed by atoms with E-state index in [0.717, 1.165) is 15.6 Å². The topological polar surface area (TPSA) is 115 Å². The van der Waals surface area contributed by atoms with Gasteiger partial charge in [-0.05, 0) is 38.0 Å². The lowest BCUT2D eigenvalue weighted by atomic mass is 9.81. The van der Waals surface area contributed by atoms with Crippen LogP contribution < -0.4 is 15.4 Å². The first kappa shape index (κ1) is 21.8. The summed E-state index contributed by atoms with van der Waals surface area (Å²) in [6, 6.07) is 6.24. The third-order valence-electron chi connectivity index (χ3n) is 5.19. The van der Waals surface area contributed by atoms with Crippen molar-refractivity contribution in [1.29, 1.82) is 0 Å². The maximum absolute atomic E-state index is 12.4. The number of rotatable bonds is 5. The summed E-state index contributed by atoms with van der Waals surface area (Å²) in [5.41, 5.74) is 0.168. The summed E-state index contributed by atoms with van der Waals surface area (Å²) < 4.78 is 11.1. The maximum Gasteiger partial charge on any atom is 0.327 e. The van der Waals surface area contributed by atoms with Crippen molar-refractivity contribution in [2.45, 2.75) is 26.7 Å². The molecule has 9 nitrogen and oxygen atoms in total. The van der Waals surface area contributed by atoms with Gasteiger partial charge in [0, 0.05) is 31.7 Å². The molecule has 3 amide bonds. The van der Waals surface area contributed by atoms with E-state index in [1.54, 1.807) is 41.9 Å². The minimum atomic E-state index is -0.623. The zero-order valence-electron chi connectivity index (χ0n) is 17.8. The summed E-state index contributed by atoms with van der Waals surface area (Å²) in [5, 5.41) is 5.92. The second kappa shape index (κ2) is 9.41. The molecule has 32 heavy (non-hydrogen) atoms. The number of anilines is 1. The van der Waals surface area contributed by atoms with Gasteiger partial charge in [-0.2, -0.15) is 0 Å². The Morgan fingerprint density at radius 2 is 1.91 bits per heavy atom. The Kier molecular flexibility index (Phi) is 6.42. The first-order valence-corrected chi connectivity index (χ1v) is 11.0. The lowest BCUT2D eigenvalue weighted by Gasteiger charge is -2.31. The zero-order valence-corrected chi connectivity index (χ0v) is 18.6. The molecule has 4 heterocycles. The number of nitrogens with zero attached hydrogens (tertiary/aromatic N) is 3. The van der Waals surface area contributed by atoms with Gasteiger partial charge in [-0.15, -0.1) is 11.3 Å². The number of carbonyl (C=O) groups is 2. The molecule has 0 spiro atoms. The Labute approximate surface area is 189 Å². The number of ether oxygens (including phenoxy) is 2. The molecule has 1 aliphatic heterocycles. The fraction of sp³-hybridized carbons (Fsp3) is 0.318. The molecular weight excluding hydrogens is 430 g/mol. The van der Waals surface area contributed by atoms with Crippen LogP contribution in [0.25, 0.3) is 10.6 Å². The van der Waals surface area contributed by atoms with E-state index in [2.05, 4.69) is 25.6 Å². The predicted molar refractivity (Wildman–Crippen MR) is 120 cm³/mol. The number of hydrogen-bond acceptors (Lipinski definition) is 8. The quantitative estimate of drug-likeness (QED) is 0.596. The average Bonchev–Trinajstić information content (AvgIpc) is 3.22. The number of amides is 3. The fourth-order valence-electron chi connectivity index (χ4n) is 3.19. The summed E-state index contributed by atoms with van der Waals surface area (Å²) in [5.74, 6) is 1.09. The number of thiazole rings is 1. The van der Waals surface area contributed by atoms with E-state index < -0.39 is 11.4 Å². The molecule has 10 heteroatoms. The van der Waals surface area contributed by atoms with Crippen LogP contribution in [0.3, 0.4) is 0 Å². The van der Waals surface area contributed by atoms with Gasteiger partial charge in [-0.3, -0.25) is 20.4 Å². The first-order chi connectivity index (χ1) is 15.4. The smallest absolute Gasteiger partial charge is 0.327 e. The zero-order chi connectivity index (χ0) is 22.6. The van der Waals surface area contributed by atoms with Crippen molar-refractivity contribution in [3.63, 3.8) is 0 Å². The number of aryl methyl sites for hydroxylation is 1. The molecule has 0 saturated carbocycles. The standard InChI is InChI=1S/C22H23N5O4S/c1-14-24-13-18(32-14)17-11-15(5-8-23-17)31-16-3-4-19(25-12-16)26-21(29)27-20(28)22(2)6-9-30-10-7-22/h3-5,8,11-13H,6-7,9-10H2,1-2H3,(H2,25,26,27,28,29). The molecule has 0 aliphatic carbocycles. The van der Waals surface area contributed by atoms with Gasteiger partial charge >= 0.3 is 6.03 Å². The second-order valence-corrected chi connectivity index (χ2v) is 8.92. The van der Waals surface area contributed by atoms with Gasteiger partial charge in [0.1, 0.15) is 17.3 Å². The number of urea groups is 1. The molecule has 3 aromatic rings. The van der Waals surface area contributed by atoms with Gasteiger partial charge in [0.2, 0.25) is 5.91 Å². The largest absolute Gasteiger partial charge is 0.456 e. The normalized spacial score (nSPS) is 15.1.